The van der Waals surface area contributed by atoms with Gasteiger partial charge in [-0.2, -0.15) is 0 Å². The molecular formula is C16H22N2O. The van der Waals surface area contributed by atoms with Gasteiger partial charge >= 0.3 is 0 Å². The Bertz CT molecular complexity index is 460. The highest BCUT2D eigenvalue weighted by Crippen LogP contribution is 2.29. The van der Waals surface area contributed by atoms with Crippen LogP contribution in [-0.2, 0) is 11.2 Å². The molecule has 1 aromatic rings. The number of benzene rings is 1. The van der Waals surface area contributed by atoms with Gasteiger partial charge in [0.2, 0.25) is 5.91 Å². The maximum Gasteiger partial charge on any atom is 0.245 e. The van der Waals surface area contributed by atoms with Crippen LogP contribution in [0.4, 0.5) is 5.69 Å². The molecule has 0 aliphatic carbocycles. The zero-order chi connectivity index (χ0) is 13.4. The summed E-state index contributed by atoms with van der Waals surface area (Å²) in [6, 6.07) is 8.53. The Hall–Kier alpha value is -1.51. The smallest absolute Gasteiger partial charge is 0.245 e. The van der Waals surface area contributed by atoms with Gasteiger partial charge in [0, 0.05) is 24.7 Å². The molecule has 1 aromatic carbocycles. The lowest BCUT2D eigenvalue weighted by Gasteiger charge is -2.39. The predicted molar refractivity (Wildman–Crippen MR) is 77.1 cm³/mol. The van der Waals surface area contributed by atoms with E-state index in [2.05, 4.69) is 36.2 Å². The van der Waals surface area contributed by atoms with Crippen molar-refractivity contribution in [2.75, 3.05) is 11.9 Å². The van der Waals surface area contributed by atoms with Crippen LogP contribution in [0.5, 0.6) is 0 Å². The summed E-state index contributed by atoms with van der Waals surface area (Å²) in [6.07, 6.45) is 3.20. The number of hydrogen-bond donors (Lipinski definition) is 1. The monoisotopic (exact) mass is 258 g/mol. The second-order valence-electron chi connectivity index (χ2n) is 5.95. The van der Waals surface area contributed by atoms with Gasteiger partial charge in [-0.15, -0.1) is 0 Å². The minimum absolute atomic E-state index is 0.0647. The summed E-state index contributed by atoms with van der Waals surface area (Å²) in [6.45, 7) is 5.35. The molecule has 1 saturated heterocycles. The van der Waals surface area contributed by atoms with Crippen LogP contribution in [-0.4, -0.2) is 29.4 Å². The molecule has 3 rings (SSSR count). The maximum absolute atomic E-state index is 12.7. The molecule has 0 radical (unpaired) electrons. The number of para-hydroxylation sites is 1. The van der Waals surface area contributed by atoms with E-state index in [1.54, 1.807) is 0 Å². The number of nitrogens with one attached hydrogen (secondary N) is 1. The Labute approximate surface area is 115 Å². The first-order valence-corrected chi connectivity index (χ1v) is 7.31. The molecule has 3 atom stereocenters. The van der Waals surface area contributed by atoms with Gasteiger partial charge in [0.15, 0.2) is 0 Å². The Morgan fingerprint density at radius 2 is 2.11 bits per heavy atom. The SMILES string of the molecule is CC1CCCN(C(=O)[C@@H]2Cc3ccccc3N2)C1C. The Morgan fingerprint density at radius 1 is 1.32 bits per heavy atom. The van der Waals surface area contributed by atoms with Crippen molar-refractivity contribution >= 4 is 11.6 Å². The van der Waals surface area contributed by atoms with Gasteiger partial charge in [-0.3, -0.25) is 4.79 Å². The third-order valence-electron chi connectivity index (χ3n) is 4.73. The minimum Gasteiger partial charge on any atom is -0.373 e. The molecule has 1 amide bonds. The van der Waals surface area contributed by atoms with Crippen LogP contribution in [0.1, 0.15) is 32.3 Å². The van der Waals surface area contributed by atoms with E-state index in [-0.39, 0.29) is 11.9 Å². The highest BCUT2D eigenvalue weighted by Gasteiger charge is 2.35. The van der Waals surface area contributed by atoms with Crippen LogP contribution in [0, 0.1) is 5.92 Å². The summed E-state index contributed by atoms with van der Waals surface area (Å²) in [7, 11) is 0. The number of nitrogens with zero attached hydrogens (tertiary/aromatic N) is 1. The number of carbonyl (C=O) groups is 1. The van der Waals surface area contributed by atoms with Crippen molar-refractivity contribution in [2.24, 2.45) is 5.92 Å². The van der Waals surface area contributed by atoms with Gasteiger partial charge in [-0.25, -0.2) is 0 Å². The molecule has 2 heterocycles. The second kappa shape index (κ2) is 4.87. The van der Waals surface area contributed by atoms with Crippen LogP contribution in [0.3, 0.4) is 0 Å². The van der Waals surface area contributed by atoms with Crippen molar-refractivity contribution in [2.45, 2.75) is 45.2 Å². The first kappa shape index (κ1) is 12.5. The summed E-state index contributed by atoms with van der Waals surface area (Å²) in [5, 5.41) is 3.38. The lowest BCUT2D eigenvalue weighted by molar-refractivity contribution is -0.136. The van der Waals surface area contributed by atoms with Gasteiger partial charge < -0.3 is 10.2 Å². The zero-order valence-corrected chi connectivity index (χ0v) is 11.7. The number of hydrogen-bond acceptors (Lipinski definition) is 2. The summed E-state index contributed by atoms with van der Waals surface area (Å²) in [4.78, 5) is 14.8. The molecule has 3 heteroatoms. The summed E-state index contributed by atoms with van der Waals surface area (Å²) in [5.74, 6) is 0.886. The molecule has 102 valence electrons. The molecular weight excluding hydrogens is 236 g/mol. The summed E-state index contributed by atoms with van der Waals surface area (Å²) >= 11 is 0. The van der Waals surface area contributed by atoms with E-state index in [1.807, 2.05) is 12.1 Å². The largest absolute Gasteiger partial charge is 0.373 e. The molecule has 2 unspecified atom stereocenters. The molecule has 1 N–H and O–H groups in total. The first-order chi connectivity index (χ1) is 9.16. The van der Waals surface area contributed by atoms with Crippen LogP contribution < -0.4 is 5.32 Å². The third-order valence-corrected chi connectivity index (χ3v) is 4.73. The van der Waals surface area contributed by atoms with Crippen LogP contribution in [0.15, 0.2) is 24.3 Å². The average molecular weight is 258 g/mol. The molecule has 0 saturated carbocycles. The lowest BCUT2D eigenvalue weighted by Crippen LogP contribution is -2.51. The van der Waals surface area contributed by atoms with E-state index in [0.29, 0.717) is 12.0 Å². The minimum atomic E-state index is -0.0647. The average Bonchev–Trinajstić information content (AvgIpc) is 2.85. The number of amides is 1. The zero-order valence-electron chi connectivity index (χ0n) is 11.7. The molecule has 1 fully saturated rings. The van der Waals surface area contributed by atoms with Crippen LogP contribution >= 0.6 is 0 Å². The second-order valence-corrected chi connectivity index (χ2v) is 5.95. The number of piperidine rings is 1. The molecule has 2 aliphatic rings. The van der Waals surface area contributed by atoms with Gasteiger partial charge in [-0.05, 0) is 37.3 Å². The van der Waals surface area contributed by atoms with Gasteiger partial charge in [0.1, 0.15) is 6.04 Å². The number of carbonyl (C=O) groups excluding carboxylic acids is 1. The summed E-state index contributed by atoms with van der Waals surface area (Å²) in [5.41, 5.74) is 2.39. The van der Waals surface area contributed by atoms with Crippen molar-refractivity contribution in [3.63, 3.8) is 0 Å². The van der Waals surface area contributed by atoms with Crippen molar-refractivity contribution in [3.05, 3.63) is 29.8 Å². The number of rotatable bonds is 1. The molecule has 0 bridgehead atoms. The normalized spacial score (nSPS) is 29.8. The molecule has 0 aromatic heterocycles. The van der Waals surface area contributed by atoms with E-state index < -0.39 is 0 Å². The van der Waals surface area contributed by atoms with Crippen LogP contribution in [0.25, 0.3) is 0 Å². The van der Waals surface area contributed by atoms with Crippen LogP contribution in [0.2, 0.25) is 0 Å². The number of likely N-dealkylation sites (tertiary alicyclic amines) is 1. The topological polar surface area (TPSA) is 32.3 Å². The third kappa shape index (κ3) is 2.22. The Balaban J connectivity index is 1.72. The maximum atomic E-state index is 12.7. The van der Waals surface area contributed by atoms with Crippen molar-refractivity contribution in [3.8, 4) is 0 Å². The quantitative estimate of drug-likeness (QED) is 0.840. The highest BCUT2D eigenvalue weighted by atomic mass is 16.2. The van der Waals surface area contributed by atoms with Crippen molar-refractivity contribution in [1.82, 2.24) is 4.90 Å². The Morgan fingerprint density at radius 3 is 2.89 bits per heavy atom. The molecule has 19 heavy (non-hydrogen) atoms. The van der Waals surface area contributed by atoms with Gasteiger partial charge in [0.25, 0.3) is 0 Å². The van der Waals surface area contributed by atoms with Crippen molar-refractivity contribution in [1.29, 1.82) is 0 Å². The van der Waals surface area contributed by atoms with E-state index in [1.165, 1.54) is 12.0 Å². The highest BCUT2D eigenvalue weighted by molar-refractivity contribution is 5.87. The van der Waals surface area contributed by atoms with Crippen molar-refractivity contribution < 1.29 is 4.79 Å². The number of fused-ring (bicyclic) bond motifs is 1. The standard InChI is InChI=1S/C16H22N2O/c1-11-6-5-9-18(12(11)2)16(19)15-10-13-7-3-4-8-14(13)17-15/h3-4,7-8,11-12,15,17H,5-6,9-10H2,1-2H3/t11?,12?,15-/m0/s1. The predicted octanol–water partition coefficient (Wildman–Crippen LogP) is 2.67. The summed E-state index contributed by atoms with van der Waals surface area (Å²) < 4.78 is 0. The Kier molecular flexibility index (Phi) is 3.21. The van der Waals surface area contributed by atoms with Gasteiger partial charge in [-0.1, -0.05) is 25.1 Å². The fourth-order valence-corrected chi connectivity index (χ4v) is 3.29. The van der Waals surface area contributed by atoms with E-state index in [4.69, 9.17) is 0 Å². The lowest BCUT2D eigenvalue weighted by atomic mass is 9.91. The fourth-order valence-electron chi connectivity index (χ4n) is 3.29. The van der Waals surface area contributed by atoms with E-state index in [9.17, 15) is 4.79 Å². The van der Waals surface area contributed by atoms with E-state index in [0.717, 1.165) is 25.1 Å². The molecule has 3 nitrogen and oxygen atoms in total. The molecule has 2 aliphatic heterocycles. The number of anilines is 1. The first-order valence-electron chi connectivity index (χ1n) is 7.31. The van der Waals surface area contributed by atoms with E-state index >= 15 is 0 Å². The van der Waals surface area contributed by atoms with Gasteiger partial charge in [0.05, 0.1) is 0 Å². The fraction of sp³-hybridized carbons (Fsp3) is 0.562. The molecule has 0 spiro atoms.